The summed E-state index contributed by atoms with van der Waals surface area (Å²) in [5, 5.41) is 21.4. The average molecular weight is 308 g/mol. The van der Waals surface area contributed by atoms with Gasteiger partial charge in [-0.1, -0.05) is 6.58 Å². The molecule has 22 heavy (non-hydrogen) atoms. The maximum atomic E-state index is 12.5. The van der Waals surface area contributed by atoms with E-state index < -0.39 is 18.5 Å². The molecule has 3 N–H and O–H groups in total. The topological polar surface area (TPSA) is 89.9 Å². The van der Waals surface area contributed by atoms with Gasteiger partial charge in [0.2, 0.25) is 0 Å². The van der Waals surface area contributed by atoms with E-state index in [1.807, 2.05) is 0 Å². The molecule has 0 aliphatic heterocycles. The Kier molecular flexibility index (Phi) is 3.78. The fourth-order valence-electron chi connectivity index (χ4n) is 5.15. The normalized spacial score (nSPS) is 35.2. The molecule has 4 bridgehead atoms. The molecule has 0 aromatic rings. The molecule has 6 heteroatoms. The van der Waals surface area contributed by atoms with Crippen molar-refractivity contribution >= 4 is 12.0 Å². The zero-order valence-electron chi connectivity index (χ0n) is 12.8. The van der Waals surface area contributed by atoms with Crippen LogP contribution in [0.25, 0.3) is 0 Å². The van der Waals surface area contributed by atoms with Crippen LogP contribution in [0.4, 0.5) is 4.79 Å². The smallest absolute Gasteiger partial charge is 0.323 e. The number of carbonyl (C=O) groups excluding carboxylic acids is 1. The highest BCUT2D eigenvalue weighted by Gasteiger charge is 2.51. The van der Waals surface area contributed by atoms with Gasteiger partial charge in [-0.25, -0.2) is 4.79 Å². The summed E-state index contributed by atoms with van der Waals surface area (Å²) >= 11 is 0. The first-order chi connectivity index (χ1) is 10.3. The molecule has 0 radical (unpaired) electrons. The highest BCUT2D eigenvalue weighted by atomic mass is 16.4. The Labute approximate surface area is 130 Å². The largest absolute Gasteiger partial charge is 0.511 e. The highest BCUT2D eigenvalue weighted by molar-refractivity contribution is 5.80. The molecule has 4 fully saturated rings. The third kappa shape index (κ3) is 3.05. The van der Waals surface area contributed by atoms with E-state index in [2.05, 4.69) is 11.9 Å². The molecular weight excluding hydrogens is 284 g/mol. The molecule has 4 rings (SSSR count). The summed E-state index contributed by atoms with van der Waals surface area (Å²) in [7, 11) is 0. The third-order valence-electron chi connectivity index (χ3n) is 5.40. The minimum Gasteiger partial charge on any atom is -0.511 e. The highest BCUT2D eigenvalue weighted by Crippen LogP contribution is 2.55. The van der Waals surface area contributed by atoms with Crippen molar-refractivity contribution in [1.29, 1.82) is 0 Å². The Morgan fingerprint density at radius 1 is 1.05 bits per heavy atom. The van der Waals surface area contributed by atoms with Gasteiger partial charge in [-0.2, -0.15) is 0 Å². The van der Waals surface area contributed by atoms with Crippen LogP contribution >= 0.6 is 0 Å². The van der Waals surface area contributed by atoms with Crippen LogP contribution in [0.5, 0.6) is 0 Å². The zero-order valence-corrected chi connectivity index (χ0v) is 12.8. The molecule has 122 valence electrons. The molecule has 4 saturated carbocycles. The van der Waals surface area contributed by atoms with Crippen molar-refractivity contribution in [3.8, 4) is 0 Å². The van der Waals surface area contributed by atoms with Gasteiger partial charge in [0.15, 0.2) is 0 Å². The second-order valence-electron chi connectivity index (χ2n) is 7.44. The molecule has 0 atom stereocenters. The van der Waals surface area contributed by atoms with Crippen molar-refractivity contribution < 1.29 is 19.8 Å². The summed E-state index contributed by atoms with van der Waals surface area (Å²) in [5.41, 5.74) is -0.167. The van der Waals surface area contributed by atoms with Crippen LogP contribution in [0.15, 0.2) is 12.3 Å². The van der Waals surface area contributed by atoms with Crippen LogP contribution in [0.1, 0.15) is 38.5 Å². The maximum absolute atomic E-state index is 12.5. The predicted octanol–water partition coefficient (Wildman–Crippen LogP) is 2.12. The minimum absolute atomic E-state index is 0.148. The van der Waals surface area contributed by atoms with Crippen molar-refractivity contribution in [1.82, 2.24) is 10.2 Å². The third-order valence-corrected chi connectivity index (χ3v) is 5.40. The molecule has 0 spiro atoms. The summed E-state index contributed by atoms with van der Waals surface area (Å²) in [4.78, 5) is 24.5. The second-order valence-corrected chi connectivity index (χ2v) is 7.44. The van der Waals surface area contributed by atoms with E-state index in [-0.39, 0.29) is 17.8 Å². The van der Waals surface area contributed by atoms with Crippen molar-refractivity contribution in [2.75, 3.05) is 13.1 Å². The molecular formula is C16H24N2O4. The first kappa shape index (κ1) is 15.2. The lowest BCUT2D eigenvalue weighted by molar-refractivity contribution is -0.137. The Morgan fingerprint density at radius 3 is 1.95 bits per heavy atom. The van der Waals surface area contributed by atoms with Crippen LogP contribution in [-0.4, -0.2) is 45.7 Å². The van der Waals surface area contributed by atoms with E-state index in [0.29, 0.717) is 17.8 Å². The molecule has 0 saturated heterocycles. The summed E-state index contributed by atoms with van der Waals surface area (Å²) in [6.07, 6.45) is 6.85. The standard InChI is InChI=1S/C16H24N2O4/c1-10(19)8-18(9-14(20)21)15(22)17-16-5-11-2-12(6-16)4-13(3-11)7-16/h11-13,19H,1-9H2,(H,17,22)(H,20,21). The number of carboxylic acid groups (broad SMARTS) is 1. The molecule has 2 amide bonds. The lowest BCUT2D eigenvalue weighted by Gasteiger charge is -2.57. The monoisotopic (exact) mass is 308 g/mol. The molecule has 0 unspecified atom stereocenters. The van der Waals surface area contributed by atoms with Crippen molar-refractivity contribution in [3.63, 3.8) is 0 Å². The van der Waals surface area contributed by atoms with Crippen LogP contribution in [0.2, 0.25) is 0 Å². The van der Waals surface area contributed by atoms with Gasteiger partial charge in [0, 0.05) is 5.54 Å². The van der Waals surface area contributed by atoms with Gasteiger partial charge in [-0.05, 0) is 56.3 Å². The van der Waals surface area contributed by atoms with E-state index in [1.165, 1.54) is 19.3 Å². The van der Waals surface area contributed by atoms with Crippen LogP contribution in [0.3, 0.4) is 0 Å². The first-order valence-corrected chi connectivity index (χ1v) is 8.01. The van der Waals surface area contributed by atoms with E-state index in [0.717, 1.165) is 24.2 Å². The molecule has 4 aliphatic carbocycles. The number of aliphatic hydroxyl groups excluding tert-OH is 1. The number of nitrogens with zero attached hydrogens (tertiary/aromatic N) is 1. The van der Waals surface area contributed by atoms with Crippen molar-refractivity contribution in [2.24, 2.45) is 17.8 Å². The lowest BCUT2D eigenvalue weighted by atomic mass is 9.53. The first-order valence-electron chi connectivity index (χ1n) is 8.01. The number of urea groups is 1. The van der Waals surface area contributed by atoms with E-state index in [9.17, 15) is 14.7 Å². The number of nitrogens with one attached hydrogen (secondary N) is 1. The van der Waals surface area contributed by atoms with E-state index in [1.54, 1.807) is 0 Å². The fourth-order valence-corrected chi connectivity index (χ4v) is 5.15. The number of aliphatic hydroxyl groups is 1. The summed E-state index contributed by atoms with van der Waals surface area (Å²) < 4.78 is 0. The van der Waals surface area contributed by atoms with Crippen LogP contribution in [0, 0.1) is 17.8 Å². The number of carbonyl (C=O) groups is 2. The Balaban J connectivity index is 1.69. The number of amides is 2. The average Bonchev–Trinajstić information content (AvgIpc) is 2.34. The van der Waals surface area contributed by atoms with E-state index in [4.69, 9.17) is 5.11 Å². The van der Waals surface area contributed by atoms with Gasteiger partial charge in [-0.15, -0.1) is 0 Å². The molecule has 6 nitrogen and oxygen atoms in total. The minimum atomic E-state index is -1.10. The second kappa shape index (κ2) is 5.48. The van der Waals surface area contributed by atoms with Crippen molar-refractivity contribution in [3.05, 3.63) is 12.3 Å². The summed E-state index contributed by atoms with van der Waals surface area (Å²) in [6, 6.07) is -0.403. The SMILES string of the molecule is C=C(O)CN(CC(=O)O)C(=O)NC12CC3CC(CC(C3)C1)C2. The molecule has 0 aromatic heterocycles. The Hall–Kier alpha value is -1.72. The predicted molar refractivity (Wildman–Crippen MR) is 80.4 cm³/mol. The molecule has 4 aliphatic rings. The Bertz CT molecular complexity index is 451. The number of rotatable bonds is 5. The van der Waals surface area contributed by atoms with Gasteiger partial charge >= 0.3 is 12.0 Å². The lowest BCUT2D eigenvalue weighted by Crippen LogP contribution is -2.62. The van der Waals surface area contributed by atoms with E-state index >= 15 is 0 Å². The Morgan fingerprint density at radius 2 is 1.55 bits per heavy atom. The molecule has 0 aromatic carbocycles. The number of aliphatic carboxylic acids is 1. The maximum Gasteiger partial charge on any atom is 0.323 e. The van der Waals surface area contributed by atoms with Crippen LogP contribution < -0.4 is 5.32 Å². The quantitative estimate of drug-likeness (QED) is 0.679. The zero-order chi connectivity index (χ0) is 15.9. The molecule has 0 heterocycles. The number of hydrogen-bond donors (Lipinski definition) is 3. The fraction of sp³-hybridized carbons (Fsp3) is 0.750. The van der Waals surface area contributed by atoms with Gasteiger partial charge in [0.1, 0.15) is 12.3 Å². The van der Waals surface area contributed by atoms with Gasteiger partial charge < -0.3 is 20.4 Å². The van der Waals surface area contributed by atoms with Gasteiger partial charge in [0.25, 0.3) is 0 Å². The number of hydrogen-bond acceptors (Lipinski definition) is 3. The summed E-state index contributed by atoms with van der Waals surface area (Å²) in [6.45, 7) is 2.77. The van der Waals surface area contributed by atoms with Gasteiger partial charge in [-0.3, -0.25) is 4.79 Å². The summed E-state index contributed by atoms with van der Waals surface area (Å²) in [5.74, 6) is 0.802. The van der Waals surface area contributed by atoms with Gasteiger partial charge in [0.05, 0.1) is 6.54 Å². The van der Waals surface area contributed by atoms with Crippen molar-refractivity contribution in [2.45, 2.75) is 44.1 Å². The van der Waals surface area contributed by atoms with Crippen LogP contribution in [-0.2, 0) is 4.79 Å². The number of carboxylic acids is 1.